The number of β-lactam (4-membered cyclic amide) rings is 1. The number of rotatable bonds is 15. The fourth-order valence-electron chi connectivity index (χ4n) is 3.56. The molecule has 0 aromatic rings. The van der Waals surface area contributed by atoms with E-state index in [2.05, 4.69) is 6.92 Å². The van der Waals surface area contributed by atoms with E-state index in [0.29, 0.717) is 18.6 Å². The van der Waals surface area contributed by atoms with Gasteiger partial charge in [-0.1, -0.05) is 71.1 Å². The summed E-state index contributed by atoms with van der Waals surface area (Å²) in [6.07, 6.45) is 16.0. The summed E-state index contributed by atoms with van der Waals surface area (Å²) in [6, 6.07) is 0. The zero-order chi connectivity index (χ0) is 20.9. The fourth-order valence-corrected chi connectivity index (χ4v) is 4.67. The maximum Gasteiger partial charge on any atom is 0.357 e. The maximum atomic E-state index is 12.1. The lowest BCUT2D eigenvalue weighted by Crippen LogP contribution is -2.53. The highest BCUT2D eigenvalue weighted by Crippen LogP contribution is 2.37. The fraction of sp³-hybridized carbons (Fsp3) is 0.773. The Morgan fingerprint density at radius 2 is 1.62 bits per heavy atom. The van der Waals surface area contributed by atoms with E-state index in [-0.39, 0.29) is 22.9 Å². The van der Waals surface area contributed by atoms with Gasteiger partial charge in [-0.2, -0.15) is 0 Å². The molecule has 0 N–H and O–H groups in total. The van der Waals surface area contributed by atoms with Crippen molar-refractivity contribution >= 4 is 29.6 Å². The van der Waals surface area contributed by atoms with Crippen LogP contribution in [0.1, 0.15) is 90.4 Å². The minimum atomic E-state index is -0.606. The van der Waals surface area contributed by atoms with Gasteiger partial charge in [-0.3, -0.25) is 14.5 Å². The number of ether oxygens (including phenoxy) is 2. The van der Waals surface area contributed by atoms with Crippen LogP contribution in [-0.2, 0) is 23.9 Å². The monoisotopic (exact) mass is 425 g/mol. The molecule has 0 bridgehead atoms. The summed E-state index contributed by atoms with van der Waals surface area (Å²) in [5.41, 5.74) is 0.270. The minimum absolute atomic E-state index is 0.0404. The van der Waals surface area contributed by atoms with Crippen molar-refractivity contribution in [3.63, 3.8) is 0 Å². The molecule has 2 rings (SSSR count). The van der Waals surface area contributed by atoms with Gasteiger partial charge in [0.05, 0.1) is 11.8 Å². The van der Waals surface area contributed by atoms with Crippen molar-refractivity contribution < 1.29 is 23.9 Å². The molecule has 0 aromatic carbocycles. The van der Waals surface area contributed by atoms with Crippen LogP contribution in [0.25, 0.3) is 0 Å². The highest BCUT2D eigenvalue weighted by Gasteiger charge is 2.43. The first-order valence-electron chi connectivity index (χ1n) is 11.1. The van der Waals surface area contributed by atoms with Gasteiger partial charge in [0, 0.05) is 12.2 Å². The van der Waals surface area contributed by atoms with Crippen LogP contribution in [0, 0.1) is 0 Å². The lowest BCUT2D eigenvalue weighted by molar-refractivity contribution is -0.167. The number of carbonyl (C=O) groups excluding carboxylic acids is 3. The normalized spacial score (nSPS) is 18.0. The SMILES string of the molecule is CCCCCCCCCCCCCC(=O)OCOC(=O)C1=CCS[C@@H]2CC(=O)N12. The molecule has 164 valence electrons. The predicted octanol–water partition coefficient (Wildman–Crippen LogP) is 4.92. The highest BCUT2D eigenvalue weighted by atomic mass is 32.2. The minimum Gasteiger partial charge on any atom is -0.428 e. The predicted molar refractivity (Wildman–Crippen MR) is 114 cm³/mol. The number of carbonyl (C=O) groups is 3. The summed E-state index contributed by atoms with van der Waals surface area (Å²) >= 11 is 1.62. The molecule has 1 amide bonds. The van der Waals surface area contributed by atoms with Crippen LogP contribution in [-0.4, -0.2) is 40.7 Å². The van der Waals surface area contributed by atoms with Gasteiger partial charge in [0.15, 0.2) is 0 Å². The van der Waals surface area contributed by atoms with Crippen molar-refractivity contribution in [2.75, 3.05) is 12.5 Å². The summed E-state index contributed by atoms with van der Waals surface area (Å²) in [5.74, 6) is -0.345. The molecular formula is C22H35NO5S. The van der Waals surface area contributed by atoms with E-state index in [1.54, 1.807) is 17.8 Å². The van der Waals surface area contributed by atoms with Crippen molar-refractivity contribution in [3.05, 3.63) is 11.8 Å². The van der Waals surface area contributed by atoms with Gasteiger partial charge < -0.3 is 9.47 Å². The van der Waals surface area contributed by atoms with Crippen molar-refractivity contribution in [2.45, 2.75) is 95.8 Å². The first-order valence-corrected chi connectivity index (χ1v) is 12.1. The molecule has 0 radical (unpaired) electrons. The zero-order valence-corrected chi connectivity index (χ0v) is 18.5. The van der Waals surface area contributed by atoms with E-state index < -0.39 is 12.8 Å². The first kappa shape index (κ1) is 23.8. The molecule has 2 aliphatic rings. The Hall–Kier alpha value is -1.50. The third-order valence-electron chi connectivity index (χ3n) is 5.33. The van der Waals surface area contributed by atoms with Crippen LogP contribution in [0.3, 0.4) is 0 Å². The smallest absolute Gasteiger partial charge is 0.357 e. The average molecular weight is 426 g/mol. The van der Waals surface area contributed by atoms with E-state index in [1.807, 2.05) is 0 Å². The number of nitrogens with zero attached hydrogens (tertiary/aromatic N) is 1. The zero-order valence-electron chi connectivity index (χ0n) is 17.7. The molecule has 7 heteroatoms. The third kappa shape index (κ3) is 8.41. The third-order valence-corrected chi connectivity index (χ3v) is 6.46. The number of esters is 2. The van der Waals surface area contributed by atoms with E-state index in [1.165, 1.54) is 56.3 Å². The van der Waals surface area contributed by atoms with E-state index in [4.69, 9.17) is 9.47 Å². The van der Waals surface area contributed by atoms with Crippen LogP contribution in [0.5, 0.6) is 0 Å². The van der Waals surface area contributed by atoms with Crippen molar-refractivity contribution in [2.24, 2.45) is 0 Å². The number of fused-ring (bicyclic) bond motifs is 1. The number of thioether (sulfide) groups is 1. The molecule has 1 saturated heterocycles. The van der Waals surface area contributed by atoms with Crippen molar-refractivity contribution in [1.29, 1.82) is 0 Å². The van der Waals surface area contributed by atoms with E-state index in [9.17, 15) is 14.4 Å². The summed E-state index contributed by atoms with van der Waals surface area (Å²) in [4.78, 5) is 36.9. The molecule has 6 nitrogen and oxygen atoms in total. The Morgan fingerprint density at radius 1 is 1.00 bits per heavy atom. The Kier molecular flexibility index (Phi) is 11.2. The molecular weight excluding hydrogens is 390 g/mol. The lowest BCUT2D eigenvalue weighted by Gasteiger charge is -2.42. The van der Waals surface area contributed by atoms with Crippen LogP contribution >= 0.6 is 11.8 Å². The van der Waals surface area contributed by atoms with Crippen LogP contribution < -0.4 is 0 Å². The molecule has 2 aliphatic heterocycles. The molecule has 0 unspecified atom stereocenters. The summed E-state index contributed by atoms with van der Waals surface area (Å²) in [6.45, 7) is 1.84. The van der Waals surface area contributed by atoms with E-state index >= 15 is 0 Å². The molecule has 29 heavy (non-hydrogen) atoms. The van der Waals surface area contributed by atoms with Gasteiger partial charge in [0.1, 0.15) is 5.70 Å². The van der Waals surface area contributed by atoms with Crippen LogP contribution in [0.15, 0.2) is 11.8 Å². The number of unbranched alkanes of at least 4 members (excludes halogenated alkanes) is 10. The second-order valence-corrected chi connectivity index (χ2v) is 8.91. The van der Waals surface area contributed by atoms with Gasteiger partial charge in [-0.25, -0.2) is 4.79 Å². The molecule has 0 aliphatic carbocycles. The number of hydrogen-bond acceptors (Lipinski definition) is 6. The Labute approximate surface area is 178 Å². The maximum absolute atomic E-state index is 12.1. The molecule has 2 heterocycles. The quantitative estimate of drug-likeness (QED) is 0.160. The van der Waals surface area contributed by atoms with Gasteiger partial charge in [0.25, 0.3) is 0 Å². The Morgan fingerprint density at radius 3 is 2.24 bits per heavy atom. The summed E-state index contributed by atoms with van der Waals surface area (Å²) < 4.78 is 9.99. The Bertz CT molecular complexity index is 578. The van der Waals surface area contributed by atoms with Crippen molar-refractivity contribution in [1.82, 2.24) is 4.90 Å². The molecule has 0 aromatic heterocycles. The van der Waals surface area contributed by atoms with Gasteiger partial charge in [-0.05, 0) is 12.5 Å². The standard InChI is InChI=1S/C22H35NO5S/c1-2-3-4-5-6-7-8-9-10-11-12-13-21(25)27-17-28-22(26)18-14-15-29-20-16-19(24)23(18)20/h14,20H,2-13,15-17H2,1H3/t20-/m1/s1. The first-order chi connectivity index (χ1) is 14.1. The lowest BCUT2D eigenvalue weighted by atomic mass is 10.1. The van der Waals surface area contributed by atoms with E-state index in [0.717, 1.165) is 19.3 Å². The van der Waals surface area contributed by atoms with Gasteiger partial charge in [-0.15, -0.1) is 11.8 Å². The highest BCUT2D eigenvalue weighted by molar-refractivity contribution is 8.00. The molecule has 1 atom stereocenters. The number of amides is 1. The molecule has 0 saturated carbocycles. The number of hydrogen-bond donors (Lipinski definition) is 0. The summed E-state index contributed by atoms with van der Waals surface area (Å²) in [7, 11) is 0. The molecule has 0 spiro atoms. The van der Waals surface area contributed by atoms with Gasteiger partial charge >= 0.3 is 11.9 Å². The average Bonchev–Trinajstić information content (AvgIpc) is 2.70. The van der Waals surface area contributed by atoms with Crippen LogP contribution in [0.4, 0.5) is 0 Å². The van der Waals surface area contributed by atoms with Gasteiger partial charge in [0.2, 0.25) is 12.7 Å². The van der Waals surface area contributed by atoms with Crippen LogP contribution in [0.2, 0.25) is 0 Å². The topological polar surface area (TPSA) is 72.9 Å². The second-order valence-electron chi connectivity index (χ2n) is 7.70. The Balaban J connectivity index is 1.43. The second kappa shape index (κ2) is 13.7. The van der Waals surface area contributed by atoms with Crippen molar-refractivity contribution in [3.8, 4) is 0 Å². The summed E-state index contributed by atoms with van der Waals surface area (Å²) in [5, 5.41) is 0.0404. The molecule has 1 fully saturated rings. The largest absolute Gasteiger partial charge is 0.428 e.